The number of hydrogen-bond acceptors (Lipinski definition) is 7. The van der Waals surface area contributed by atoms with Crippen LogP contribution in [0.2, 0.25) is 0 Å². The lowest BCUT2D eigenvalue weighted by atomic mass is 10.2. The van der Waals surface area contributed by atoms with Crippen molar-refractivity contribution < 1.29 is 12.6 Å². The Hall–Kier alpha value is -3.10. The van der Waals surface area contributed by atoms with Gasteiger partial charge in [0.15, 0.2) is 0 Å². The van der Waals surface area contributed by atoms with E-state index < -0.39 is 10.1 Å². The van der Waals surface area contributed by atoms with Gasteiger partial charge in [0, 0.05) is 5.56 Å². The maximum atomic E-state index is 12.6. The third kappa shape index (κ3) is 4.49. The van der Waals surface area contributed by atoms with Gasteiger partial charge >= 0.3 is 10.1 Å². The topological polar surface area (TPSA) is 81.0 Å². The maximum Gasteiger partial charge on any atom is 0.339 e. The van der Waals surface area contributed by atoms with Gasteiger partial charge in [-0.25, -0.2) is 4.98 Å². The molecule has 0 bridgehead atoms. The average molecular weight is 424 g/mol. The Morgan fingerprint density at radius 3 is 2.48 bits per heavy atom. The Labute approximate surface area is 172 Å². The fourth-order valence-corrected chi connectivity index (χ4v) is 4.43. The van der Waals surface area contributed by atoms with E-state index >= 15 is 0 Å². The maximum absolute atomic E-state index is 12.6. The van der Waals surface area contributed by atoms with Gasteiger partial charge in [-0.1, -0.05) is 59.4 Å². The normalized spacial score (nSPS) is 11.9. The van der Waals surface area contributed by atoms with Gasteiger partial charge in [-0.2, -0.15) is 13.5 Å². The van der Waals surface area contributed by atoms with E-state index in [1.165, 1.54) is 23.5 Å². The molecule has 0 aliphatic rings. The molecule has 4 aromatic rings. The minimum atomic E-state index is -3.93. The molecule has 1 heterocycles. The molecule has 0 aliphatic carbocycles. The molecular formula is C21H17N3O3S2. The molecule has 0 saturated heterocycles. The molecule has 0 unspecified atom stereocenters. The molecule has 1 aromatic heterocycles. The minimum absolute atomic E-state index is 0.106. The Morgan fingerprint density at radius 2 is 1.69 bits per heavy atom. The molecule has 8 heteroatoms. The molecule has 146 valence electrons. The SMILES string of the molecule is Cc1ccc(S(=O)(=O)Oc2ccccc2CN=Nc2nc3ccccc3s2)cc1. The molecule has 0 spiro atoms. The third-order valence-corrected chi connectivity index (χ3v) is 6.33. The fourth-order valence-electron chi connectivity index (χ4n) is 2.66. The van der Waals surface area contributed by atoms with Gasteiger partial charge in [0.05, 0.1) is 16.8 Å². The number of hydrogen-bond donors (Lipinski definition) is 0. The Morgan fingerprint density at radius 1 is 0.966 bits per heavy atom. The number of rotatable bonds is 6. The highest BCUT2D eigenvalue weighted by atomic mass is 32.2. The van der Waals surface area contributed by atoms with Gasteiger partial charge in [0.25, 0.3) is 0 Å². The molecule has 0 fully saturated rings. The molecule has 0 N–H and O–H groups in total. The summed E-state index contributed by atoms with van der Waals surface area (Å²) in [7, 11) is -3.93. The number of benzene rings is 3. The molecule has 0 aliphatic heterocycles. The van der Waals surface area contributed by atoms with Crippen molar-refractivity contribution in [3.05, 3.63) is 83.9 Å². The first-order valence-corrected chi connectivity index (χ1v) is 11.1. The van der Waals surface area contributed by atoms with Crippen LogP contribution in [-0.4, -0.2) is 13.4 Å². The van der Waals surface area contributed by atoms with Crippen LogP contribution >= 0.6 is 11.3 Å². The predicted octanol–water partition coefficient (Wildman–Crippen LogP) is 5.66. The van der Waals surface area contributed by atoms with E-state index in [-0.39, 0.29) is 17.2 Å². The first kappa shape index (κ1) is 19.2. The molecule has 6 nitrogen and oxygen atoms in total. The van der Waals surface area contributed by atoms with Crippen molar-refractivity contribution in [2.24, 2.45) is 10.2 Å². The number of azo groups is 1. The molecule has 0 saturated carbocycles. The lowest BCUT2D eigenvalue weighted by Crippen LogP contribution is -2.10. The van der Waals surface area contributed by atoms with Gasteiger partial charge < -0.3 is 4.18 Å². The summed E-state index contributed by atoms with van der Waals surface area (Å²) in [5.74, 6) is 0.233. The zero-order valence-corrected chi connectivity index (χ0v) is 17.2. The van der Waals surface area contributed by atoms with E-state index in [2.05, 4.69) is 15.2 Å². The number of thiazole rings is 1. The fraction of sp³-hybridized carbons (Fsp3) is 0.0952. The van der Waals surface area contributed by atoms with Crippen LogP contribution in [-0.2, 0) is 16.7 Å². The predicted molar refractivity (Wildman–Crippen MR) is 113 cm³/mol. The first-order chi connectivity index (χ1) is 14.0. The van der Waals surface area contributed by atoms with Crippen molar-refractivity contribution >= 4 is 36.8 Å². The second kappa shape index (κ2) is 8.10. The number of aromatic nitrogens is 1. The second-order valence-corrected chi connectivity index (χ2v) is 8.88. The lowest BCUT2D eigenvalue weighted by Gasteiger charge is -2.10. The summed E-state index contributed by atoms with van der Waals surface area (Å²) in [6, 6.07) is 21.2. The first-order valence-electron chi connectivity index (χ1n) is 8.83. The van der Waals surface area contributed by atoms with Crippen molar-refractivity contribution in [3.8, 4) is 5.75 Å². The van der Waals surface area contributed by atoms with Crippen molar-refractivity contribution in [1.82, 2.24) is 4.98 Å². The highest BCUT2D eigenvalue weighted by Gasteiger charge is 2.18. The van der Waals surface area contributed by atoms with Crippen molar-refractivity contribution in [3.63, 3.8) is 0 Å². The largest absolute Gasteiger partial charge is 0.379 e. The monoisotopic (exact) mass is 423 g/mol. The van der Waals surface area contributed by atoms with Crippen LogP contribution in [0.15, 0.2) is 87.9 Å². The number of fused-ring (bicyclic) bond motifs is 1. The van der Waals surface area contributed by atoms with E-state index in [0.29, 0.717) is 10.7 Å². The average Bonchev–Trinajstić information content (AvgIpc) is 3.12. The van der Waals surface area contributed by atoms with Crippen LogP contribution < -0.4 is 4.18 Å². The molecule has 29 heavy (non-hydrogen) atoms. The molecule has 0 amide bonds. The molecule has 0 radical (unpaired) electrons. The number of nitrogens with zero attached hydrogens (tertiary/aromatic N) is 3. The Balaban J connectivity index is 1.52. The highest BCUT2D eigenvalue weighted by molar-refractivity contribution is 7.87. The smallest absolute Gasteiger partial charge is 0.339 e. The summed E-state index contributed by atoms with van der Waals surface area (Å²) in [4.78, 5) is 4.51. The second-order valence-electron chi connectivity index (χ2n) is 6.32. The van der Waals surface area contributed by atoms with Crippen LogP contribution in [0.4, 0.5) is 5.13 Å². The minimum Gasteiger partial charge on any atom is -0.379 e. The summed E-state index contributed by atoms with van der Waals surface area (Å²) in [6.45, 7) is 2.07. The summed E-state index contributed by atoms with van der Waals surface area (Å²) in [5.41, 5.74) is 2.46. The zero-order chi connectivity index (χ0) is 20.3. The number of para-hydroxylation sites is 2. The van der Waals surface area contributed by atoms with Crippen molar-refractivity contribution in [2.75, 3.05) is 0 Å². The van der Waals surface area contributed by atoms with Gasteiger partial charge in [-0.3, -0.25) is 0 Å². The molecule has 3 aromatic carbocycles. The Bertz CT molecular complexity index is 1250. The van der Waals surface area contributed by atoms with Crippen molar-refractivity contribution in [1.29, 1.82) is 0 Å². The van der Waals surface area contributed by atoms with Gasteiger partial charge in [0.2, 0.25) is 5.13 Å². The van der Waals surface area contributed by atoms with Crippen LogP contribution in [0.5, 0.6) is 5.75 Å². The van der Waals surface area contributed by atoms with Gasteiger partial charge in [-0.05, 0) is 37.3 Å². The highest BCUT2D eigenvalue weighted by Crippen LogP contribution is 2.29. The van der Waals surface area contributed by atoms with E-state index in [0.717, 1.165) is 15.8 Å². The van der Waals surface area contributed by atoms with E-state index in [9.17, 15) is 8.42 Å². The van der Waals surface area contributed by atoms with Gasteiger partial charge in [0.1, 0.15) is 10.6 Å². The van der Waals surface area contributed by atoms with Crippen LogP contribution in [0.25, 0.3) is 10.2 Å². The quantitative estimate of drug-likeness (QED) is 0.296. The van der Waals surface area contributed by atoms with Crippen LogP contribution in [0.3, 0.4) is 0 Å². The van der Waals surface area contributed by atoms with Crippen molar-refractivity contribution in [2.45, 2.75) is 18.4 Å². The molecular weight excluding hydrogens is 406 g/mol. The lowest BCUT2D eigenvalue weighted by molar-refractivity contribution is 0.482. The van der Waals surface area contributed by atoms with Crippen LogP contribution in [0, 0.1) is 6.92 Å². The summed E-state index contributed by atoms with van der Waals surface area (Å²) >= 11 is 1.45. The summed E-state index contributed by atoms with van der Waals surface area (Å²) in [5, 5.41) is 8.90. The standard InChI is InChI=1S/C21H17N3O3S2/c1-15-10-12-17(13-11-15)29(25,26)27-19-8-4-2-6-16(19)14-22-24-21-23-18-7-3-5-9-20(18)28-21/h2-13H,14H2,1H3. The van der Waals surface area contributed by atoms with E-state index in [1.807, 2.05) is 31.2 Å². The Kier molecular flexibility index (Phi) is 5.37. The third-order valence-electron chi connectivity index (χ3n) is 4.16. The van der Waals surface area contributed by atoms with E-state index in [1.54, 1.807) is 36.4 Å². The van der Waals surface area contributed by atoms with Gasteiger partial charge in [-0.15, -0.1) is 5.11 Å². The number of aryl methyl sites for hydroxylation is 1. The van der Waals surface area contributed by atoms with E-state index in [4.69, 9.17) is 4.18 Å². The molecule has 4 rings (SSSR count). The zero-order valence-electron chi connectivity index (χ0n) is 15.5. The van der Waals surface area contributed by atoms with Crippen LogP contribution in [0.1, 0.15) is 11.1 Å². The summed E-state index contributed by atoms with van der Waals surface area (Å²) in [6.07, 6.45) is 0. The summed E-state index contributed by atoms with van der Waals surface area (Å²) < 4.78 is 31.6. The molecule has 0 atom stereocenters.